The Labute approximate surface area is 177 Å². The summed E-state index contributed by atoms with van der Waals surface area (Å²) in [5.41, 5.74) is 6.31. The topological polar surface area (TPSA) is 55.2 Å². The molecule has 5 heteroatoms. The molecule has 1 aromatic heterocycles. The molecule has 1 amide bonds. The van der Waals surface area contributed by atoms with Gasteiger partial charge in [-0.15, -0.1) is 0 Å². The van der Waals surface area contributed by atoms with Gasteiger partial charge in [0, 0.05) is 19.3 Å². The summed E-state index contributed by atoms with van der Waals surface area (Å²) in [4.78, 5) is 28.6. The Hall–Kier alpha value is -3.21. The first-order valence-electron chi connectivity index (χ1n) is 10.4. The van der Waals surface area contributed by atoms with Gasteiger partial charge in [0.25, 0.3) is 11.7 Å². The monoisotopic (exact) mass is 401 g/mol. The third kappa shape index (κ3) is 3.56. The highest BCUT2D eigenvalue weighted by Crippen LogP contribution is 2.37. The van der Waals surface area contributed by atoms with E-state index in [1.165, 1.54) is 11.1 Å². The number of fused-ring (bicyclic) bond motifs is 1. The average molecular weight is 402 g/mol. The molecule has 4 rings (SSSR count). The second-order valence-corrected chi connectivity index (χ2v) is 8.17. The van der Waals surface area contributed by atoms with Gasteiger partial charge in [0.15, 0.2) is 0 Å². The van der Waals surface area contributed by atoms with Gasteiger partial charge in [-0.2, -0.15) is 5.10 Å². The first kappa shape index (κ1) is 20.1. The Bertz CT molecular complexity index is 1110. The lowest BCUT2D eigenvalue weighted by Gasteiger charge is -2.29. The molecular formula is C25H27N3O2. The molecule has 0 saturated heterocycles. The summed E-state index contributed by atoms with van der Waals surface area (Å²) >= 11 is 0. The number of aryl methyl sites for hydroxylation is 4. The van der Waals surface area contributed by atoms with E-state index in [0.717, 1.165) is 24.0 Å². The molecule has 0 bridgehead atoms. The molecule has 0 spiro atoms. The fourth-order valence-electron chi connectivity index (χ4n) is 4.41. The van der Waals surface area contributed by atoms with Crippen molar-refractivity contribution in [2.45, 2.75) is 46.2 Å². The van der Waals surface area contributed by atoms with Crippen molar-refractivity contribution in [1.82, 2.24) is 14.7 Å². The van der Waals surface area contributed by atoms with E-state index in [2.05, 4.69) is 17.2 Å². The third-order valence-electron chi connectivity index (χ3n) is 6.14. The van der Waals surface area contributed by atoms with E-state index in [1.807, 2.05) is 50.2 Å². The van der Waals surface area contributed by atoms with Crippen LogP contribution in [0.25, 0.3) is 0 Å². The van der Waals surface area contributed by atoms with Crippen LogP contribution in [0.3, 0.4) is 0 Å². The second-order valence-electron chi connectivity index (χ2n) is 8.17. The summed E-state index contributed by atoms with van der Waals surface area (Å²) in [6.07, 6.45) is 1.74. The molecule has 1 unspecified atom stereocenters. The number of carbonyl (C=O) groups is 2. The maximum Gasteiger partial charge on any atom is 0.295 e. The minimum Gasteiger partial charge on any atom is -0.324 e. The molecule has 0 radical (unpaired) electrons. The lowest BCUT2D eigenvalue weighted by Crippen LogP contribution is -2.38. The quantitative estimate of drug-likeness (QED) is 0.475. The van der Waals surface area contributed by atoms with Gasteiger partial charge in [-0.3, -0.25) is 14.3 Å². The van der Waals surface area contributed by atoms with Crippen molar-refractivity contribution in [2.75, 3.05) is 0 Å². The van der Waals surface area contributed by atoms with Gasteiger partial charge in [-0.1, -0.05) is 54.1 Å². The number of hydrogen-bond acceptors (Lipinski definition) is 3. The first-order valence-corrected chi connectivity index (χ1v) is 10.4. The van der Waals surface area contributed by atoms with Crippen molar-refractivity contribution in [3.63, 3.8) is 0 Å². The van der Waals surface area contributed by atoms with Gasteiger partial charge < -0.3 is 4.90 Å². The van der Waals surface area contributed by atoms with Crippen LogP contribution in [0.5, 0.6) is 0 Å². The van der Waals surface area contributed by atoms with Gasteiger partial charge in [0.05, 0.1) is 17.3 Å². The molecule has 2 aromatic carbocycles. The fourth-order valence-corrected chi connectivity index (χ4v) is 4.41. The SMILES string of the molecule is Cc1ccc(CN(C(=O)C(=O)c2c(C)nn(C)c2C)C2CCc3ccccc32)cc1. The van der Waals surface area contributed by atoms with Crippen LogP contribution in [0.4, 0.5) is 0 Å². The molecule has 30 heavy (non-hydrogen) atoms. The van der Waals surface area contributed by atoms with Crippen molar-refractivity contribution in [1.29, 1.82) is 0 Å². The third-order valence-corrected chi connectivity index (χ3v) is 6.14. The number of Topliss-reactive ketones (excluding diaryl/α,β-unsaturated/α-hetero) is 1. The first-order chi connectivity index (χ1) is 14.4. The Morgan fingerprint density at radius 2 is 1.77 bits per heavy atom. The van der Waals surface area contributed by atoms with E-state index in [4.69, 9.17) is 0 Å². The van der Waals surface area contributed by atoms with E-state index in [9.17, 15) is 9.59 Å². The number of carbonyl (C=O) groups excluding carboxylic acids is 2. The summed E-state index contributed by atoms with van der Waals surface area (Å²) in [6, 6.07) is 16.3. The van der Waals surface area contributed by atoms with Crippen molar-refractivity contribution >= 4 is 11.7 Å². The van der Waals surface area contributed by atoms with Crippen LogP contribution < -0.4 is 0 Å². The smallest absolute Gasteiger partial charge is 0.295 e. The summed E-state index contributed by atoms with van der Waals surface area (Å²) in [7, 11) is 1.79. The fraction of sp³-hybridized carbons (Fsp3) is 0.320. The zero-order valence-corrected chi connectivity index (χ0v) is 18.0. The largest absolute Gasteiger partial charge is 0.324 e. The molecule has 3 aromatic rings. The molecule has 1 atom stereocenters. The minimum atomic E-state index is -0.477. The highest BCUT2D eigenvalue weighted by molar-refractivity contribution is 6.43. The highest BCUT2D eigenvalue weighted by Gasteiger charge is 2.35. The number of amides is 1. The maximum atomic E-state index is 13.6. The molecular weight excluding hydrogens is 374 g/mol. The Morgan fingerprint density at radius 3 is 2.43 bits per heavy atom. The average Bonchev–Trinajstić information content (AvgIpc) is 3.27. The van der Waals surface area contributed by atoms with Crippen LogP contribution in [0, 0.1) is 20.8 Å². The summed E-state index contributed by atoms with van der Waals surface area (Å²) in [6.45, 7) is 6.05. The molecule has 0 saturated carbocycles. The molecule has 0 aliphatic heterocycles. The van der Waals surface area contributed by atoms with Crippen LogP contribution in [0.1, 0.15) is 56.5 Å². The molecule has 1 heterocycles. The van der Waals surface area contributed by atoms with Gasteiger partial charge in [-0.05, 0) is 50.3 Å². The molecule has 1 aliphatic rings. The number of ketones is 1. The van der Waals surface area contributed by atoms with Crippen molar-refractivity contribution in [2.24, 2.45) is 7.05 Å². The van der Waals surface area contributed by atoms with Gasteiger partial charge in [0.1, 0.15) is 0 Å². The number of benzene rings is 2. The van der Waals surface area contributed by atoms with E-state index < -0.39 is 11.7 Å². The standard InChI is InChI=1S/C25H27N3O2/c1-16-9-11-19(12-10-16)15-28(22-14-13-20-7-5-6-8-21(20)22)25(30)24(29)23-17(2)26-27(4)18(23)3/h5-12,22H,13-15H2,1-4H3. The van der Waals surface area contributed by atoms with Crippen LogP contribution in [0.2, 0.25) is 0 Å². The zero-order valence-electron chi connectivity index (χ0n) is 18.0. The van der Waals surface area contributed by atoms with Gasteiger partial charge >= 0.3 is 0 Å². The van der Waals surface area contributed by atoms with E-state index in [-0.39, 0.29) is 6.04 Å². The van der Waals surface area contributed by atoms with Crippen LogP contribution in [-0.2, 0) is 24.8 Å². The summed E-state index contributed by atoms with van der Waals surface area (Å²) < 4.78 is 1.66. The second kappa shape index (κ2) is 7.90. The van der Waals surface area contributed by atoms with E-state index in [1.54, 1.807) is 23.6 Å². The maximum absolute atomic E-state index is 13.6. The van der Waals surface area contributed by atoms with E-state index >= 15 is 0 Å². The van der Waals surface area contributed by atoms with Crippen LogP contribution >= 0.6 is 0 Å². The molecule has 5 nitrogen and oxygen atoms in total. The summed E-state index contributed by atoms with van der Waals surface area (Å²) in [5, 5.41) is 4.33. The number of rotatable bonds is 5. The van der Waals surface area contributed by atoms with Crippen LogP contribution in [0.15, 0.2) is 48.5 Å². The van der Waals surface area contributed by atoms with Crippen molar-refractivity contribution < 1.29 is 9.59 Å². The highest BCUT2D eigenvalue weighted by atomic mass is 16.2. The Morgan fingerprint density at radius 1 is 1.07 bits per heavy atom. The van der Waals surface area contributed by atoms with Gasteiger partial charge in [-0.25, -0.2) is 0 Å². The molecule has 0 fully saturated rings. The van der Waals surface area contributed by atoms with E-state index in [0.29, 0.717) is 23.5 Å². The van der Waals surface area contributed by atoms with Crippen molar-refractivity contribution in [3.05, 3.63) is 87.7 Å². The Kier molecular flexibility index (Phi) is 5.29. The zero-order chi connectivity index (χ0) is 21.4. The molecule has 154 valence electrons. The lowest BCUT2D eigenvalue weighted by molar-refractivity contribution is -0.129. The number of nitrogens with zero attached hydrogens (tertiary/aromatic N) is 3. The van der Waals surface area contributed by atoms with Crippen LogP contribution in [-0.4, -0.2) is 26.4 Å². The number of hydrogen-bond donors (Lipinski definition) is 0. The minimum absolute atomic E-state index is 0.101. The predicted octanol–water partition coefficient (Wildman–Crippen LogP) is 4.24. The number of aromatic nitrogens is 2. The van der Waals surface area contributed by atoms with Gasteiger partial charge in [0.2, 0.25) is 0 Å². The summed E-state index contributed by atoms with van der Waals surface area (Å²) in [5.74, 6) is -0.939. The Balaban J connectivity index is 1.72. The molecule has 1 aliphatic carbocycles. The molecule has 0 N–H and O–H groups in total. The normalized spacial score (nSPS) is 15.1. The predicted molar refractivity (Wildman–Crippen MR) is 116 cm³/mol. The van der Waals surface area contributed by atoms with Crippen molar-refractivity contribution in [3.8, 4) is 0 Å². The lowest BCUT2D eigenvalue weighted by atomic mass is 10.0.